The van der Waals surface area contributed by atoms with Crippen LogP contribution in [0.15, 0.2) is 24.3 Å². The summed E-state index contributed by atoms with van der Waals surface area (Å²) in [7, 11) is 0. The van der Waals surface area contributed by atoms with Gasteiger partial charge in [0.15, 0.2) is 0 Å². The Bertz CT molecular complexity index is 823. The van der Waals surface area contributed by atoms with Gasteiger partial charge in [-0.15, -0.1) is 11.8 Å². The van der Waals surface area contributed by atoms with Crippen LogP contribution >= 0.6 is 11.8 Å². The van der Waals surface area contributed by atoms with E-state index in [1.165, 1.54) is 0 Å². The van der Waals surface area contributed by atoms with E-state index in [4.69, 9.17) is 0 Å². The number of fused-ring (bicyclic) bond motifs is 1. The lowest BCUT2D eigenvalue weighted by molar-refractivity contribution is -0.133. The molecule has 2 aromatic rings. The van der Waals surface area contributed by atoms with E-state index < -0.39 is 0 Å². The van der Waals surface area contributed by atoms with Crippen molar-refractivity contribution in [2.24, 2.45) is 0 Å². The second kappa shape index (κ2) is 9.17. The number of hydrogen-bond donors (Lipinski definition) is 1. The molecule has 4 rings (SSSR count). The van der Waals surface area contributed by atoms with Gasteiger partial charge in [-0.25, -0.2) is 4.98 Å². The number of H-pyrrole nitrogens is 1. The Balaban J connectivity index is 1.21. The highest BCUT2D eigenvalue weighted by Gasteiger charge is 2.25. The normalized spacial score (nSPS) is 19.1. The molecule has 8 heteroatoms. The molecule has 3 heterocycles. The lowest BCUT2D eigenvalue weighted by atomic mass is 10.3. The van der Waals surface area contributed by atoms with E-state index in [2.05, 4.69) is 21.8 Å². The summed E-state index contributed by atoms with van der Waals surface area (Å²) < 4.78 is 0. The average Bonchev–Trinajstić information content (AvgIpc) is 3.42. The van der Waals surface area contributed by atoms with E-state index in [1.807, 2.05) is 34.1 Å². The molecule has 0 spiro atoms. The number of nitrogens with zero attached hydrogens (tertiary/aromatic N) is 4. The molecule has 0 radical (unpaired) electrons. The van der Waals surface area contributed by atoms with Gasteiger partial charge in [0.05, 0.1) is 28.6 Å². The topological polar surface area (TPSA) is 72.5 Å². The third-order valence-corrected chi connectivity index (χ3v) is 6.93. The molecule has 29 heavy (non-hydrogen) atoms. The summed E-state index contributed by atoms with van der Waals surface area (Å²) in [6.45, 7) is 7.31. The fourth-order valence-corrected chi connectivity index (χ4v) is 4.79. The van der Waals surface area contributed by atoms with Crippen LogP contribution in [0.3, 0.4) is 0 Å². The first-order valence-electron chi connectivity index (χ1n) is 10.4. The van der Waals surface area contributed by atoms with Gasteiger partial charge >= 0.3 is 0 Å². The number of nitrogens with one attached hydrogen (secondary N) is 1. The van der Waals surface area contributed by atoms with Gasteiger partial charge < -0.3 is 14.8 Å². The van der Waals surface area contributed by atoms with Crippen molar-refractivity contribution < 1.29 is 9.59 Å². The Kier molecular flexibility index (Phi) is 6.40. The summed E-state index contributed by atoms with van der Waals surface area (Å²) >= 11 is 1.62. The van der Waals surface area contributed by atoms with Crippen molar-refractivity contribution in [3.63, 3.8) is 0 Å². The fraction of sp³-hybridized carbons (Fsp3) is 0.571. The van der Waals surface area contributed by atoms with E-state index in [0.717, 1.165) is 55.9 Å². The van der Waals surface area contributed by atoms with Crippen molar-refractivity contribution >= 4 is 34.6 Å². The summed E-state index contributed by atoms with van der Waals surface area (Å²) in [4.78, 5) is 39.0. The maximum atomic E-state index is 12.6. The van der Waals surface area contributed by atoms with Crippen LogP contribution in [-0.2, 0) is 9.59 Å². The zero-order valence-corrected chi connectivity index (χ0v) is 17.8. The molecule has 1 atom stereocenters. The van der Waals surface area contributed by atoms with Gasteiger partial charge in [0, 0.05) is 39.3 Å². The molecule has 0 saturated carbocycles. The summed E-state index contributed by atoms with van der Waals surface area (Å²) in [5.41, 5.74) is 1.99. The summed E-state index contributed by atoms with van der Waals surface area (Å²) in [6.07, 6.45) is 2.25. The van der Waals surface area contributed by atoms with Gasteiger partial charge in [0.1, 0.15) is 5.82 Å². The summed E-state index contributed by atoms with van der Waals surface area (Å²) in [5, 5.41) is 0.130. The van der Waals surface area contributed by atoms with E-state index in [9.17, 15) is 9.59 Å². The average molecular weight is 416 g/mol. The smallest absolute Gasteiger partial charge is 0.236 e. The third kappa shape index (κ3) is 4.93. The van der Waals surface area contributed by atoms with Crippen LogP contribution < -0.4 is 0 Å². The SMILES string of the molecule is CC(SCC(=O)N1CCN(CC(=O)N2CCCC2)CC1)c1nc2ccccc2[nH]1. The highest BCUT2D eigenvalue weighted by Crippen LogP contribution is 2.28. The number of piperazine rings is 1. The number of amides is 2. The minimum atomic E-state index is 0.130. The van der Waals surface area contributed by atoms with Crippen LogP contribution in [0.1, 0.15) is 30.8 Å². The molecule has 1 unspecified atom stereocenters. The molecule has 1 N–H and O–H groups in total. The number of aromatic nitrogens is 2. The van der Waals surface area contributed by atoms with Gasteiger partial charge in [-0.2, -0.15) is 0 Å². The Morgan fingerprint density at radius 3 is 2.45 bits per heavy atom. The number of thioether (sulfide) groups is 1. The lowest BCUT2D eigenvalue weighted by Gasteiger charge is -2.35. The Morgan fingerprint density at radius 1 is 1.03 bits per heavy atom. The molecule has 0 aliphatic carbocycles. The van der Waals surface area contributed by atoms with Gasteiger partial charge in [0.2, 0.25) is 11.8 Å². The fourth-order valence-electron chi connectivity index (χ4n) is 3.94. The molecule has 1 aromatic heterocycles. The first-order chi connectivity index (χ1) is 14.1. The second-order valence-corrected chi connectivity index (χ2v) is 9.17. The Labute approximate surface area is 175 Å². The largest absolute Gasteiger partial charge is 0.342 e. The number of carbonyl (C=O) groups is 2. The van der Waals surface area contributed by atoms with Crippen molar-refractivity contribution in [1.82, 2.24) is 24.7 Å². The molecule has 2 aliphatic rings. The number of likely N-dealkylation sites (tertiary alicyclic amines) is 1. The van der Waals surface area contributed by atoms with Crippen molar-refractivity contribution in [2.75, 3.05) is 51.6 Å². The van der Waals surface area contributed by atoms with Crippen LogP contribution in [0, 0.1) is 0 Å². The predicted molar refractivity (Wildman–Crippen MR) is 116 cm³/mol. The first-order valence-corrected chi connectivity index (χ1v) is 11.5. The van der Waals surface area contributed by atoms with Crippen LogP contribution in [0.25, 0.3) is 11.0 Å². The first kappa shape index (κ1) is 20.2. The summed E-state index contributed by atoms with van der Waals surface area (Å²) in [6, 6.07) is 7.98. The molecule has 2 saturated heterocycles. The van der Waals surface area contributed by atoms with Crippen LogP contribution in [0.5, 0.6) is 0 Å². The number of aromatic amines is 1. The van der Waals surface area contributed by atoms with Gasteiger partial charge in [-0.1, -0.05) is 12.1 Å². The highest BCUT2D eigenvalue weighted by molar-refractivity contribution is 8.00. The van der Waals surface area contributed by atoms with Gasteiger partial charge in [-0.3, -0.25) is 14.5 Å². The van der Waals surface area contributed by atoms with E-state index >= 15 is 0 Å². The van der Waals surface area contributed by atoms with Crippen LogP contribution in [0.4, 0.5) is 0 Å². The van der Waals surface area contributed by atoms with Crippen molar-refractivity contribution in [2.45, 2.75) is 25.0 Å². The standard InChI is InChI=1S/C21H29N5O2S/c1-16(21-22-17-6-2-3-7-18(17)23-21)29-15-20(28)26-12-10-24(11-13-26)14-19(27)25-8-4-5-9-25/h2-3,6-7,16H,4-5,8-15H2,1H3,(H,22,23). The minimum Gasteiger partial charge on any atom is -0.342 e. The maximum Gasteiger partial charge on any atom is 0.236 e. The predicted octanol–water partition coefficient (Wildman–Crippen LogP) is 2.12. The molecule has 2 aliphatic heterocycles. The van der Waals surface area contributed by atoms with Crippen LogP contribution in [0.2, 0.25) is 0 Å². The molecular weight excluding hydrogens is 386 g/mol. The molecule has 0 bridgehead atoms. The minimum absolute atomic E-state index is 0.130. The highest BCUT2D eigenvalue weighted by atomic mass is 32.2. The molecular formula is C21H29N5O2S. The van der Waals surface area contributed by atoms with Gasteiger partial charge in [0.25, 0.3) is 0 Å². The molecule has 156 valence electrons. The number of hydrogen-bond acceptors (Lipinski definition) is 5. The number of para-hydroxylation sites is 2. The maximum absolute atomic E-state index is 12.6. The third-order valence-electron chi connectivity index (χ3n) is 5.79. The Morgan fingerprint density at radius 2 is 1.72 bits per heavy atom. The molecule has 2 amide bonds. The molecule has 2 fully saturated rings. The zero-order valence-electron chi connectivity index (χ0n) is 17.0. The molecule has 7 nitrogen and oxygen atoms in total. The summed E-state index contributed by atoms with van der Waals surface area (Å²) in [5.74, 6) is 1.76. The second-order valence-electron chi connectivity index (χ2n) is 7.84. The zero-order chi connectivity index (χ0) is 20.2. The van der Waals surface area contributed by atoms with Crippen molar-refractivity contribution in [1.29, 1.82) is 0 Å². The van der Waals surface area contributed by atoms with Crippen molar-refractivity contribution in [3.05, 3.63) is 30.1 Å². The van der Waals surface area contributed by atoms with E-state index in [0.29, 0.717) is 25.4 Å². The number of rotatable bonds is 6. The Hall–Kier alpha value is -2.06. The van der Waals surface area contributed by atoms with Gasteiger partial charge in [-0.05, 0) is 31.9 Å². The van der Waals surface area contributed by atoms with Crippen molar-refractivity contribution in [3.8, 4) is 0 Å². The quantitative estimate of drug-likeness (QED) is 0.783. The number of benzene rings is 1. The van der Waals surface area contributed by atoms with E-state index in [-0.39, 0.29) is 17.1 Å². The van der Waals surface area contributed by atoms with Crippen LogP contribution in [-0.4, -0.2) is 88.0 Å². The lowest BCUT2D eigenvalue weighted by Crippen LogP contribution is -2.51. The monoisotopic (exact) mass is 415 g/mol. The number of carbonyl (C=O) groups excluding carboxylic acids is 2. The van der Waals surface area contributed by atoms with E-state index in [1.54, 1.807) is 11.8 Å². The molecule has 1 aromatic carbocycles. The number of imidazole rings is 1.